The summed E-state index contributed by atoms with van der Waals surface area (Å²) >= 11 is 7.99. The van der Waals surface area contributed by atoms with Crippen LogP contribution in [0.3, 0.4) is 0 Å². The summed E-state index contributed by atoms with van der Waals surface area (Å²) in [5, 5.41) is 1.69. The van der Waals surface area contributed by atoms with Gasteiger partial charge in [-0.05, 0) is 62.1 Å². The fourth-order valence-corrected chi connectivity index (χ4v) is 5.59. The first-order valence-corrected chi connectivity index (χ1v) is 12.6. The van der Waals surface area contributed by atoms with Crippen LogP contribution in [0.25, 0.3) is 21.3 Å². The number of nitrogens with zero attached hydrogens (tertiary/aromatic N) is 2. The zero-order valence-electron chi connectivity index (χ0n) is 20.1. The average molecular weight is 512 g/mol. The second-order valence-corrected chi connectivity index (χ2v) is 10.2. The quantitative estimate of drug-likeness (QED) is 0.303. The highest BCUT2D eigenvalue weighted by atomic mass is 35.5. The van der Waals surface area contributed by atoms with Gasteiger partial charge in [0.1, 0.15) is 5.60 Å². The van der Waals surface area contributed by atoms with E-state index < -0.39 is 17.4 Å². The van der Waals surface area contributed by atoms with Crippen LogP contribution in [0.15, 0.2) is 60.9 Å². The van der Waals surface area contributed by atoms with Crippen LogP contribution in [0.2, 0.25) is 5.02 Å². The van der Waals surface area contributed by atoms with Crippen LogP contribution in [0.4, 0.5) is 0 Å². The second kappa shape index (κ2) is 10.7. The highest BCUT2D eigenvalue weighted by Crippen LogP contribution is 2.41. The molecule has 2 unspecified atom stereocenters. The zero-order valence-corrected chi connectivity index (χ0v) is 21.7. The molecule has 0 amide bonds. The number of hydrogen-bond acceptors (Lipinski definition) is 6. The predicted octanol–water partition coefficient (Wildman–Crippen LogP) is 7.72. The number of hydrogen-bond donors (Lipinski definition) is 1. The first-order valence-electron chi connectivity index (χ1n) is 11.5. The normalized spacial score (nSPS) is 19.5. The standard InChI is InChI=1S/C25H24ClN3O2S.C2H6.CH4/c1-24(2)30-14-25(3,31-24)16-9-11-28-19(13-16)17-7-4-6-15-12-20(32-23(15)17)21(27)22-18(26)8-5-10-29-22;1-2;/h4-13,21H,14,27H2,1-3H3;1-2H3;1H4. The van der Waals surface area contributed by atoms with Crippen molar-refractivity contribution in [3.8, 4) is 11.3 Å². The summed E-state index contributed by atoms with van der Waals surface area (Å²) in [5.41, 5.74) is 9.68. The van der Waals surface area contributed by atoms with E-state index in [1.807, 2.05) is 52.1 Å². The minimum atomic E-state index is -0.607. The largest absolute Gasteiger partial charge is 0.347 e. The maximum Gasteiger partial charge on any atom is 0.164 e. The van der Waals surface area contributed by atoms with E-state index in [2.05, 4.69) is 41.2 Å². The lowest BCUT2D eigenvalue weighted by molar-refractivity contribution is -0.159. The molecule has 4 aromatic rings. The monoisotopic (exact) mass is 511 g/mol. The molecule has 0 saturated carbocycles. The molecule has 2 atom stereocenters. The summed E-state index contributed by atoms with van der Waals surface area (Å²) in [6.07, 6.45) is 3.54. The highest BCUT2D eigenvalue weighted by molar-refractivity contribution is 7.19. The molecule has 0 bridgehead atoms. The third kappa shape index (κ3) is 5.42. The lowest BCUT2D eigenvalue weighted by atomic mass is 9.96. The number of rotatable bonds is 4. The highest BCUT2D eigenvalue weighted by Gasteiger charge is 2.43. The lowest BCUT2D eigenvalue weighted by Gasteiger charge is -2.25. The van der Waals surface area contributed by atoms with Crippen molar-refractivity contribution < 1.29 is 9.47 Å². The number of fused-ring (bicyclic) bond motifs is 1. The van der Waals surface area contributed by atoms with E-state index in [-0.39, 0.29) is 7.43 Å². The maximum atomic E-state index is 6.54. The molecule has 1 aliphatic heterocycles. The third-order valence-electron chi connectivity index (χ3n) is 5.76. The van der Waals surface area contributed by atoms with Crippen LogP contribution in [0, 0.1) is 0 Å². The van der Waals surface area contributed by atoms with Crippen molar-refractivity contribution in [2.75, 3.05) is 6.61 Å². The molecule has 0 aliphatic carbocycles. The van der Waals surface area contributed by atoms with Crippen molar-refractivity contribution in [1.82, 2.24) is 9.97 Å². The lowest BCUT2D eigenvalue weighted by Crippen LogP contribution is -2.28. The first kappa shape index (κ1) is 27.2. The van der Waals surface area contributed by atoms with Gasteiger partial charge in [0.25, 0.3) is 0 Å². The van der Waals surface area contributed by atoms with E-state index in [0.717, 1.165) is 31.8 Å². The molecule has 35 heavy (non-hydrogen) atoms. The van der Waals surface area contributed by atoms with Crippen LogP contribution in [0.5, 0.6) is 0 Å². The van der Waals surface area contributed by atoms with E-state index in [0.29, 0.717) is 17.3 Å². The molecule has 1 fully saturated rings. The Morgan fingerprint density at radius 1 is 1.03 bits per heavy atom. The first-order chi connectivity index (χ1) is 16.3. The maximum absolute atomic E-state index is 6.54. The van der Waals surface area contributed by atoms with Crippen molar-refractivity contribution >= 4 is 33.0 Å². The molecular weight excluding hydrogens is 478 g/mol. The molecule has 0 spiro atoms. The summed E-state index contributed by atoms with van der Waals surface area (Å²) in [6.45, 7) is 10.4. The molecule has 5 nitrogen and oxygen atoms in total. The van der Waals surface area contributed by atoms with E-state index in [1.165, 1.54) is 0 Å². The Kier molecular flexibility index (Phi) is 8.35. The molecule has 4 heterocycles. The van der Waals surface area contributed by atoms with E-state index in [4.69, 9.17) is 26.8 Å². The van der Waals surface area contributed by atoms with Gasteiger partial charge >= 0.3 is 0 Å². The Morgan fingerprint density at radius 3 is 2.49 bits per heavy atom. The number of pyridine rings is 2. The molecule has 5 rings (SSSR count). The molecule has 2 N–H and O–H groups in total. The number of nitrogens with two attached hydrogens (primary N) is 1. The van der Waals surface area contributed by atoms with Gasteiger partial charge in [-0.3, -0.25) is 9.97 Å². The summed E-state index contributed by atoms with van der Waals surface area (Å²) in [7, 11) is 0. The molecule has 3 aromatic heterocycles. The Morgan fingerprint density at radius 2 is 1.80 bits per heavy atom. The molecule has 1 saturated heterocycles. The smallest absolute Gasteiger partial charge is 0.164 e. The van der Waals surface area contributed by atoms with Gasteiger partial charge in [-0.15, -0.1) is 11.3 Å². The van der Waals surface area contributed by atoms with Crippen LogP contribution >= 0.6 is 22.9 Å². The Hall–Kier alpha value is -2.35. The Bertz CT molecular complexity index is 1310. The Balaban J connectivity index is 0.00000111. The van der Waals surface area contributed by atoms with Crippen molar-refractivity contribution in [2.45, 2.75) is 59.5 Å². The minimum absolute atomic E-state index is 0. The second-order valence-electron chi connectivity index (χ2n) is 8.67. The fraction of sp³-hybridized carbons (Fsp3) is 0.357. The molecule has 0 radical (unpaired) electrons. The van der Waals surface area contributed by atoms with Crippen LogP contribution in [0.1, 0.15) is 64.2 Å². The average Bonchev–Trinajstić information content (AvgIpc) is 3.41. The Labute approximate surface area is 217 Å². The van der Waals surface area contributed by atoms with Gasteiger partial charge in [0, 0.05) is 27.5 Å². The van der Waals surface area contributed by atoms with Crippen molar-refractivity contribution in [3.05, 3.63) is 82.1 Å². The van der Waals surface area contributed by atoms with E-state index >= 15 is 0 Å². The van der Waals surface area contributed by atoms with Gasteiger partial charge in [0.05, 0.1) is 29.1 Å². The topological polar surface area (TPSA) is 70.3 Å². The van der Waals surface area contributed by atoms with Crippen LogP contribution < -0.4 is 5.73 Å². The van der Waals surface area contributed by atoms with Crippen LogP contribution in [-0.2, 0) is 15.1 Å². The molecular formula is C28H34ClN3O2S. The number of ether oxygens (including phenoxy) is 2. The van der Waals surface area contributed by atoms with Crippen LogP contribution in [-0.4, -0.2) is 22.4 Å². The third-order valence-corrected chi connectivity index (χ3v) is 7.35. The number of thiophene rings is 1. The van der Waals surface area contributed by atoms with Gasteiger partial charge in [0.15, 0.2) is 5.79 Å². The zero-order chi connectivity index (χ0) is 24.5. The van der Waals surface area contributed by atoms with Crippen molar-refractivity contribution in [3.63, 3.8) is 0 Å². The van der Waals surface area contributed by atoms with E-state index in [1.54, 1.807) is 23.6 Å². The predicted molar refractivity (Wildman–Crippen MR) is 147 cm³/mol. The van der Waals surface area contributed by atoms with Gasteiger partial charge in [-0.2, -0.15) is 0 Å². The summed E-state index contributed by atoms with van der Waals surface area (Å²) < 4.78 is 13.2. The van der Waals surface area contributed by atoms with E-state index in [9.17, 15) is 0 Å². The number of benzene rings is 1. The molecule has 1 aromatic carbocycles. The fourth-order valence-electron chi connectivity index (χ4n) is 4.16. The number of aromatic nitrogens is 2. The van der Waals surface area contributed by atoms with Gasteiger partial charge in [-0.25, -0.2) is 0 Å². The molecule has 1 aliphatic rings. The van der Waals surface area contributed by atoms with Gasteiger partial charge in [0.2, 0.25) is 0 Å². The van der Waals surface area contributed by atoms with Gasteiger partial charge < -0.3 is 15.2 Å². The summed E-state index contributed by atoms with van der Waals surface area (Å²) in [4.78, 5) is 10.1. The molecule has 186 valence electrons. The van der Waals surface area contributed by atoms with Crippen molar-refractivity contribution in [2.24, 2.45) is 5.73 Å². The summed E-state index contributed by atoms with van der Waals surface area (Å²) in [5.74, 6) is -0.607. The minimum Gasteiger partial charge on any atom is -0.347 e. The SMILES string of the molecule is C.CC.CC1(C)OCC(C)(c2ccnc(-c3cccc4cc(C(N)c5ncccc5Cl)sc34)c2)O1. The number of halogens is 1. The van der Waals surface area contributed by atoms with Crippen molar-refractivity contribution in [1.29, 1.82) is 0 Å². The van der Waals surface area contributed by atoms with Gasteiger partial charge in [-0.1, -0.05) is 51.1 Å². The molecule has 7 heteroatoms. The summed E-state index contributed by atoms with van der Waals surface area (Å²) in [6, 6.07) is 15.7.